The van der Waals surface area contributed by atoms with Crippen LogP contribution in [0.3, 0.4) is 0 Å². The van der Waals surface area contributed by atoms with Crippen molar-refractivity contribution in [2.24, 2.45) is 5.92 Å². The fraction of sp³-hybridized carbons (Fsp3) is 0.625. The van der Waals surface area contributed by atoms with Crippen molar-refractivity contribution in [3.05, 3.63) is 18.2 Å². The quantitative estimate of drug-likeness (QED) is 0.681. The van der Waals surface area contributed by atoms with E-state index in [9.17, 15) is 5.11 Å². The molecular formula is C8H14N2O. The van der Waals surface area contributed by atoms with Gasteiger partial charge in [0.25, 0.3) is 0 Å². The van der Waals surface area contributed by atoms with Crippen LogP contribution in [-0.2, 0) is 6.42 Å². The van der Waals surface area contributed by atoms with E-state index in [0.717, 1.165) is 12.2 Å². The van der Waals surface area contributed by atoms with Crippen molar-refractivity contribution in [1.29, 1.82) is 0 Å². The molecular weight excluding hydrogens is 140 g/mol. The summed E-state index contributed by atoms with van der Waals surface area (Å²) in [7, 11) is 0. The van der Waals surface area contributed by atoms with Crippen molar-refractivity contribution in [3.63, 3.8) is 0 Å². The maximum atomic E-state index is 9.18. The highest BCUT2D eigenvalue weighted by Crippen LogP contribution is 2.07. The van der Waals surface area contributed by atoms with Crippen LogP contribution in [0.25, 0.3) is 0 Å². The van der Waals surface area contributed by atoms with Crippen LogP contribution in [0.2, 0.25) is 0 Å². The third-order valence-electron chi connectivity index (χ3n) is 1.89. The first kappa shape index (κ1) is 8.27. The topological polar surface area (TPSA) is 48.9 Å². The molecule has 1 aromatic rings. The molecule has 11 heavy (non-hydrogen) atoms. The molecule has 0 fully saturated rings. The lowest BCUT2D eigenvalue weighted by Crippen LogP contribution is -2.16. The van der Waals surface area contributed by atoms with Gasteiger partial charge in [-0.3, -0.25) is 0 Å². The Kier molecular flexibility index (Phi) is 2.65. The van der Waals surface area contributed by atoms with E-state index in [4.69, 9.17) is 0 Å². The van der Waals surface area contributed by atoms with Gasteiger partial charge in [0.05, 0.1) is 6.10 Å². The third kappa shape index (κ3) is 2.35. The Labute approximate surface area is 66.5 Å². The Balaban J connectivity index is 2.43. The van der Waals surface area contributed by atoms with E-state index >= 15 is 0 Å². The summed E-state index contributed by atoms with van der Waals surface area (Å²) in [6.07, 6.45) is 4.07. The van der Waals surface area contributed by atoms with Crippen LogP contribution in [0.4, 0.5) is 0 Å². The fourth-order valence-corrected chi connectivity index (χ4v) is 0.885. The highest BCUT2D eigenvalue weighted by molar-refractivity contribution is 4.88. The van der Waals surface area contributed by atoms with Crippen molar-refractivity contribution in [2.45, 2.75) is 26.4 Å². The van der Waals surface area contributed by atoms with Gasteiger partial charge >= 0.3 is 0 Å². The minimum Gasteiger partial charge on any atom is -0.393 e. The second kappa shape index (κ2) is 3.53. The minimum absolute atomic E-state index is 0.264. The molecule has 0 spiro atoms. The number of nitrogens with one attached hydrogen (secondary N) is 1. The Hall–Kier alpha value is -0.830. The zero-order chi connectivity index (χ0) is 8.27. The van der Waals surface area contributed by atoms with E-state index in [1.807, 2.05) is 6.92 Å². The van der Waals surface area contributed by atoms with Crippen LogP contribution < -0.4 is 0 Å². The van der Waals surface area contributed by atoms with Gasteiger partial charge in [0.2, 0.25) is 0 Å². The van der Waals surface area contributed by atoms with Gasteiger partial charge in [0, 0.05) is 18.8 Å². The normalized spacial score (nSPS) is 16.3. The first-order chi connectivity index (χ1) is 5.20. The molecule has 0 aliphatic rings. The van der Waals surface area contributed by atoms with E-state index < -0.39 is 0 Å². The van der Waals surface area contributed by atoms with Crippen molar-refractivity contribution >= 4 is 0 Å². The molecule has 62 valence electrons. The number of rotatable bonds is 3. The SMILES string of the molecule is CC(O)C(C)Cc1ncc[nH]1. The summed E-state index contributed by atoms with van der Waals surface area (Å²) >= 11 is 0. The molecule has 0 bridgehead atoms. The van der Waals surface area contributed by atoms with Gasteiger partial charge in [-0.1, -0.05) is 6.92 Å². The standard InChI is InChI=1S/C8H14N2O/c1-6(7(2)11)5-8-9-3-4-10-8/h3-4,6-7,11H,5H2,1-2H3,(H,9,10). The first-order valence-electron chi connectivity index (χ1n) is 3.86. The Morgan fingerprint density at radius 2 is 2.36 bits per heavy atom. The minimum atomic E-state index is -0.264. The molecule has 2 unspecified atom stereocenters. The van der Waals surface area contributed by atoms with Crippen LogP contribution in [0.1, 0.15) is 19.7 Å². The number of aliphatic hydroxyl groups excluding tert-OH is 1. The molecule has 0 saturated heterocycles. The van der Waals surface area contributed by atoms with Crippen molar-refractivity contribution in [3.8, 4) is 0 Å². The number of imidazole rings is 1. The molecule has 0 aliphatic carbocycles. The predicted octanol–water partition coefficient (Wildman–Crippen LogP) is 0.969. The lowest BCUT2D eigenvalue weighted by atomic mass is 10.0. The van der Waals surface area contributed by atoms with Gasteiger partial charge in [-0.05, 0) is 12.8 Å². The van der Waals surface area contributed by atoms with Crippen LogP contribution >= 0.6 is 0 Å². The number of aliphatic hydroxyl groups is 1. The third-order valence-corrected chi connectivity index (χ3v) is 1.89. The predicted molar refractivity (Wildman–Crippen MR) is 43.1 cm³/mol. The largest absolute Gasteiger partial charge is 0.393 e. The maximum Gasteiger partial charge on any atom is 0.106 e. The molecule has 0 amide bonds. The molecule has 3 nitrogen and oxygen atoms in total. The zero-order valence-corrected chi connectivity index (χ0v) is 6.91. The molecule has 0 radical (unpaired) electrons. The number of hydrogen-bond donors (Lipinski definition) is 2. The summed E-state index contributed by atoms with van der Waals surface area (Å²) in [6, 6.07) is 0. The monoisotopic (exact) mass is 154 g/mol. The van der Waals surface area contributed by atoms with Gasteiger partial charge in [0.1, 0.15) is 5.82 Å². The second-order valence-electron chi connectivity index (χ2n) is 2.96. The molecule has 2 N–H and O–H groups in total. The van der Waals surface area contributed by atoms with Crippen molar-refractivity contribution in [2.75, 3.05) is 0 Å². The molecule has 3 heteroatoms. The average molecular weight is 154 g/mol. The molecule has 0 aliphatic heterocycles. The van der Waals surface area contributed by atoms with Gasteiger partial charge in [-0.25, -0.2) is 4.98 Å². The second-order valence-corrected chi connectivity index (χ2v) is 2.96. The number of nitrogens with zero attached hydrogens (tertiary/aromatic N) is 1. The maximum absolute atomic E-state index is 9.18. The highest BCUT2D eigenvalue weighted by Gasteiger charge is 2.10. The number of hydrogen-bond acceptors (Lipinski definition) is 2. The molecule has 0 aromatic carbocycles. The lowest BCUT2D eigenvalue weighted by molar-refractivity contribution is 0.134. The summed E-state index contributed by atoms with van der Waals surface area (Å²) in [5.74, 6) is 1.21. The summed E-state index contributed by atoms with van der Waals surface area (Å²) in [5, 5.41) is 9.18. The number of aromatic nitrogens is 2. The average Bonchev–Trinajstić information content (AvgIpc) is 2.39. The molecule has 1 heterocycles. The van der Waals surface area contributed by atoms with Crippen molar-refractivity contribution in [1.82, 2.24) is 9.97 Å². The Morgan fingerprint density at radius 3 is 2.82 bits per heavy atom. The van der Waals surface area contributed by atoms with Gasteiger partial charge < -0.3 is 10.1 Å². The zero-order valence-electron chi connectivity index (χ0n) is 6.91. The Morgan fingerprint density at radius 1 is 1.64 bits per heavy atom. The van der Waals surface area contributed by atoms with Gasteiger partial charge in [-0.15, -0.1) is 0 Å². The van der Waals surface area contributed by atoms with Crippen LogP contribution in [0, 0.1) is 5.92 Å². The van der Waals surface area contributed by atoms with Crippen LogP contribution in [-0.4, -0.2) is 21.2 Å². The summed E-state index contributed by atoms with van der Waals surface area (Å²) < 4.78 is 0. The number of aromatic amines is 1. The molecule has 0 saturated carbocycles. The Bertz CT molecular complexity index is 194. The summed E-state index contributed by atoms with van der Waals surface area (Å²) in [6.45, 7) is 3.81. The van der Waals surface area contributed by atoms with Gasteiger partial charge in [-0.2, -0.15) is 0 Å². The van der Waals surface area contributed by atoms with Crippen molar-refractivity contribution < 1.29 is 5.11 Å². The highest BCUT2D eigenvalue weighted by atomic mass is 16.3. The van der Waals surface area contributed by atoms with E-state index in [-0.39, 0.29) is 12.0 Å². The van der Waals surface area contributed by atoms with Crippen LogP contribution in [0.15, 0.2) is 12.4 Å². The first-order valence-corrected chi connectivity index (χ1v) is 3.86. The van der Waals surface area contributed by atoms with E-state index in [1.165, 1.54) is 0 Å². The van der Waals surface area contributed by atoms with Crippen LogP contribution in [0.5, 0.6) is 0 Å². The lowest BCUT2D eigenvalue weighted by Gasteiger charge is -2.11. The molecule has 1 aromatic heterocycles. The molecule has 1 rings (SSSR count). The van der Waals surface area contributed by atoms with Gasteiger partial charge in [0.15, 0.2) is 0 Å². The smallest absolute Gasteiger partial charge is 0.106 e. The van der Waals surface area contributed by atoms with E-state index in [1.54, 1.807) is 19.3 Å². The van der Waals surface area contributed by atoms with E-state index in [0.29, 0.717) is 0 Å². The molecule has 2 atom stereocenters. The number of H-pyrrole nitrogens is 1. The van der Waals surface area contributed by atoms with E-state index in [2.05, 4.69) is 9.97 Å². The summed E-state index contributed by atoms with van der Waals surface area (Å²) in [5.41, 5.74) is 0. The fourth-order valence-electron chi connectivity index (χ4n) is 0.885. The summed E-state index contributed by atoms with van der Waals surface area (Å²) in [4.78, 5) is 7.07.